The molecule has 27 heavy (non-hydrogen) atoms. The summed E-state index contributed by atoms with van der Waals surface area (Å²) >= 11 is 0.956. The number of benzene rings is 1. The summed E-state index contributed by atoms with van der Waals surface area (Å²) in [6, 6.07) is 4.27. The average Bonchev–Trinajstić information content (AvgIpc) is 3.21. The molecule has 8 nitrogen and oxygen atoms in total. The first-order chi connectivity index (χ1) is 12.8. The topological polar surface area (TPSA) is 104 Å². The van der Waals surface area contributed by atoms with Crippen molar-refractivity contribution in [2.75, 3.05) is 25.4 Å². The van der Waals surface area contributed by atoms with Gasteiger partial charge in [0.25, 0.3) is 5.24 Å². The third-order valence-corrected chi connectivity index (χ3v) is 6.70. The lowest BCUT2D eigenvalue weighted by Crippen LogP contribution is -2.42. The third-order valence-electron chi connectivity index (χ3n) is 4.40. The molecule has 146 valence electrons. The number of hydrogen-bond acceptors (Lipinski definition) is 6. The highest BCUT2D eigenvalue weighted by molar-refractivity contribution is 8.14. The fourth-order valence-corrected chi connectivity index (χ4v) is 4.90. The van der Waals surface area contributed by atoms with E-state index in [2.05, 4.69) is 4.72 Å². The maximum absolute atomic E-state index is 13.2. The van der Waals surface area contributed by atoms with Crippen LogP contribution in [0.5, 0.6) is 0 Å². The van der Waals surface area contributed by atoms with Crippen LogP contribution >= 0.6 is 11.8 Å². The van der Waals surface area contributed by atoms with Crippen molar-refractivity contribution < 1.29 is 27.2 Å². The summed E-state index contributed by atoms with van der Waals surface area (Å²) in [5.41, 5.74) is 0. The van der Waals surface area contributed by atoms with E-state index in [4.69, 9.17) is 0 Å². The number of likely N-dealkylation sites (tertiary alicyclic amines) is 1. The van der Waals surface area contributed by atoms with E-state index in [1.807, 2.05) is 0 Å². The molecule has 0 radical (unpaired) electrons. The second-order valence-electron chi connectivity index (χ2n) is 6.21. The molecule has 0 aromatic heterocycles. The van der Waals surface area contributed by atoms with E-state index in [0.29, 0.717) is 13.0 Å². The number of imide groups is 1. The van der Waals surface area contributed by atoms with Crippen LogP contribution in [-0.2, 0) is 19.6 Å². The first-order valence-electron chi connectivity index (χ1n) is 8.30. The summed E-state index contributed by atoms with van der Waals surface area (Å²) in [4.78, 5) is 38.3. The Labute approximate surface area is 160 Å². The summed E-state index contributed by atoms with van der Waals surface area (Å²) in [5, 5.41) is -0.290. The molecular weight excluding hydrogens is 397 g/mol. The van der Waals surface area contributed by atoms with Gasteiger partial charge in [0, 0.05) is 26.1 Å². The number of amides is 3. The Morgan fingerprint density at radius 3 is 2.78 bits per heavy atom. The van der Waals surface area contributed by atoms with Gasteiger partial charge in [-0.25, -0.2) is 17.5 Å². The Morgan fingerprint density at radius 1 is 1.33 bits per heavy atom. The van der Waals surface area contributed by atoms with Crippen LogP contribution in [0, 0.1) is 5.82 Å². The number of hydrogen-bond donors (Lipinski definition) is 1. The predicted octanol–water partition coefficient (Wildman–Crippen LogP) is 0.790. The lowest BCUT2D eigenvalue weighted by Gasteiger charge is -2.22. The lowest BCUT2D eigenvalue weighted by atomic mass is 10.2. The minimum atomic E-state index is -3.90. The van der Waals surface area contributed by atoms with Crippen LogP contribution in [0.15, 0.2) is 29.2 Å². The molecule has 3 rings (SSSR count). The van der Waals surface area contributed by atoms with Crippen molar-refractivity contribution in [1.29, 1.82) is 0 Å². The van der Waals surface area contributed by atoms with Gasteiger partial charge in [0.1, 0.15) is 5.82 Å². The van der Waals surface area contributed by atoms with Gasteiger partial charge in [-0.3, -0.25) is 19.3 Å². The van der Waals surface area contributed by atoms with E-state index >= 15 is 0 Å². The van der Waals surface area contributed by atoms with Gasteiger partial charge in [-0.2, -0.15) is 0 Å². The molecule has 1 aromatic carbocycles. The number of carbonyl (C=O) groups is 3. The van der Waals surface area contributed by atoms with Crippen molar-refractivity contribution in [2.45, 2.75) is 23.8 Å². The van der Waals surface area contributed by atoms with Crippen molar-refractivity contribution >= 4 is 38.8 Å². The van der Waals surface area contributed by atoms with E-state index in [9.17, 15) is 27.2 Å². The first kappa shape index (κ1) is 19.8. The molecule has 1 N–H and O–H groups in total. The minimum Gasteiger partial charge on any atom is -0.340 e. The summed E-state index contributed by atoms with van der Waals surface area (Å²) in [7, 11) is -3.90. The van der Waals surface area contributed by atoms with Crippen LogP contribution in [-0.4, -0.2) is 66.7 Å². The molecule has 3 amide bonds. The Hall–Kier alpha value is -1.98. The molecule has 0 unspecified atom stereocenters. The van der Waals surface area contributed by atoms with Gasteiger partial charge in [0.05, 0.1) is 16.7 Å². The van der Waals surface area contributed by atoms with Gasteiger partial charge in [-0.1, -0.05) is 17.8 Å². The lowest BCUT2D eigenvalue weighted by molar-refractivity contribution is -0.131. The Balaban J connectivity index is 1.50. The molecule has 0 spiro atoms. The second-order valence-corrected chi connectivity index (χ2v) is 8.90. The largest absolute Gasteiger partial charge is 0.340 e. The van der Waals surface area contributed by atoms with Gasteiger partial charge < -0.3 is 4.90 Å². The summed E-state index contributed by atoms with van der Waals surface area (Å²) in [5.74, 6) is -1.05. The fourth-order valence-electron chi connectivity index (χ4n) is 3.06. The molecule has 0 aliphatic carbocycles. The van der Waals surface area contributed by atoms with Crippen LogP contribution < -0.4 is 4.72 Å². The predicted molar refractivity (Wildman–Crippen MR) is 95.9 cm³/mol. The highest BCUT2D eigenvalue weighted by Crippen LogP contribution is 2.26. The van der Waals surface area contributed by atoms with Crippen molar-refractivity contribution in [3.8, 4) is 0 Å². The van der Waals surface area contributed by atoms with Crippen LogP contribution in [0.2, 0.25) is 0 Å². The highest BCUT2D eigenvalue weighted by Gasteiger charge is 2.40. The molecular formula is C16H18FN3O5S2. The molecule has 1 aromatic rings. The zero-order chi connectivity index (χ0) is 19.6. The van der Waals surface area contributed by atoms with Gasteiger partial charge in [-0.15, -0.1) is 0 Å². The van der Waals surface area contributed by atoms with Crippen molar-refractivity contribution in [2.24, 2.45) is 0 Å². The first-order valence-corrected chi connectivity index (χ1v) is 10.8. The number of thioether (sulfide) groups is 1. The van der Waals surface area contributed by atoms with Gasteiger partial charge in [0.2, 0.25) is 21.8 Å². The Bertz CT molecular complexity index is 861. The van der Waals surface area contributed by atoms with E-state index in [1.165, 1.54) is 21.9 Å². The van der Waals surface area contributed by atoms with Crippen LogP contribution in [0.25, 0.3) is 0 Å². The highest BCUT2D eigenvalue weighted by atomic mass is 32.2. The monoisotopic (exact) mass is 415 g/mol. The summed E-state index contributed by atoms with van der Waals surface area (Å²) in [6.07, 6.45) is 0.441. The van der Waals surface area contributed by atoms with E-state index < -0.39 is 15.8 Å². The number of sulfonamides is 1. The minimum absolute atomic E-state index is 0.0715. The maximum atomic E-state index is 13.2. The number of halogens is 1. The van der Waals surface area contributed by atoms with Crippen LogP contribution in [0.1, 0.15) is 12.8 Å². The zero-order valence-electron chi connectivity index (χ0n) is 14.3. The number of rotatable bonds is 6. The van der Waals surface area contributed by atoms with E-state index in [0.717, 1.165) is 23.9 Å². The van der Waals surface area contributed by atoms with Crippen molar-refractivity contribution in [3.63, 3.8) is 0 Å². The average molecular weight is 415 g/mol. The molecule has 1 atom stereocenters. The van der Waals surface area contributed by atoms with Gasteiger partial charge >= 0.3 is 0 Å². The van der Waals surface area contributed by atoms with Gasteiger partial charge in [0.15, 0.2) is 0 Å². The maximum Gasteiger partial charge on any atom is 0.289 e. The number of carbonyl (C=O) groups excluding carboxylic acids is 3. The standard InChI is InChI=1S/C16H18FN3O5S2/c17-11-2-1-3-13(8-11)27(24,25)18-6-4-14(21)19-7-5-12(9-19)20-15(22)10-26-16(20)23/h1-3,8,12,18H,4-7,9-10H2/t12-/m1/s1. The molecule has 2 fully saturated rings. The molecule has 2 saturated heterocycles. The Morgan fingerprint density at radius 2 is 2.11 bits per heavy atom. The quantitative estimate of drug-likeness (QED) is 0.737. The molecule has 0 bridgehead atoms. The van der Waals surface area contributed by atoms with E-state index in [-0.39, 0.29) is 53.3 Å². The Kier molecular flexibility index (Phi) is 5.82. The number of nitrogens with one attached hydrogen (secondary N) is 1. The molecule has 2 heterocycles. The molecule has 0 saturated carbocycles. The molecule has 2 aliphatic heterocycles. The zero-order valence-corrected chi connectivity index (χ0v) is 15.9. The second kappa shape index (κ2) is 7.95. The smallest absolute Gasteiger partial charge is 0.289 e. The van der Waals surface area contributed by atoms with Crippen LogP contribution in [0.4, 0.5) is 9.18 Å². The van der Waals surface area contributed by atoms with Gasteiger partial charge in [-0.05, 0) is 24.6 Å². The third kappa shape index (κ3) is 4.47. The summed E-state index contributed by atoms with van der Waals surface area (Å²) in [6.45, 7) is 0.533. The summed E-state index contributed by atoms with van der Waals surface area (Å²) < 4.78 is 39.6. The fraction of sp³-hybridized carbons (Fsp3) is 0.438. The van der Waals surface area contributed by atoms with E-state index in [1.54, 1.807) is 0 Å². The van der Waals surface area contributed by atoms with Crippen LogP contribution in [0.3, 0.4) is 0 Å². The normalized spacial score (nSPS) is 20.6. The van der Waals surface area contributed by atoms with Crippen molar-refractivity contribution in [1.82, 2.24) is 14.5 Å². The number of nitrogens with zero attached hydrogens (tertiary/aromatic N) is 2. The SMILES string of the molecule is O=C(CCNS(=O)(=O)c1cccc(F)c1)N1CC[C@@H](N2C(=O)CSC2=O)C1. The molecule has 2 aliphatic rings. The molecule has 11 heteroatoms. The van der Waals surface area contributed by atoms with Crippen molar-refractivity contribution in [3.05, 3.63) is 30.1 Å².